The lowest BCUT2D eigenvalue weighted by atomic mass is 10.0. The zero-order valence-electron chi connectivity index (χ0n) is 8.58. The Hall–Kier alpha value is -2.14. The summed E-state index contributed by atoms with van der Waals surface area (Å²) in [7, 11) is 0. The van der Waals surface area contributed by atoms with Crippen molar-refractivity contribution < 1.29 is 9.59 Å². The monoisotopic (exact) mass is 242 g/mol. The van der Waals surface area contributed by atoms with Crippen LogP contribution in [0.3, 0.4) is 0 Å². The van der Waals surface area contributed by atoms with Crippen LogP contribution < -0.4 is 0 Å². The number of aliphatic imine (C=N–C) groups is 2. The van der Waals surface area contributed by atoms with Crippen LogP contribution >= 0.6 is 11.3 Å². The average molecular weight is 242 g/mol. The van der Waals surface area contributed by atoms with Gasteiger partial charge >= 0.3 is 0 Å². The van der Waals surface area contributed by atoms with E-state index in [9.17, 15) is 9.59 Å². The first kappa shape index (κ1) is 10.0. The van der Waals surface area contributed by atoms with Gasteiger partial charge in [0.2, 0.25) is 0 Å². The van der Waals surface area contributed by atoms with Crippen LogP contribution in [0.1, 0.15) is 4.88 Å². The molecule has 1 aromatic heterocycles. The van der Waals surface area contributed by atoms with E-state index in [-0.39, 0.29) is 11.8 Å². The number of hydrogen-bond acceptors (Lipinski definition) is 3. The van der Waals surface area contributed by atoms with Crippen molar-refractivity contribution in [3.05, 3.63) is 40.6 Å². The fourth-order valence-electron chi connectivity index (χ4n) is 1.63. The third kappa shape index (κ3) is 1.70. The maximum absolute atomic E-state index is 11.8. The van der Waals surface area contributed by atoms with E-state index in [4.69, 9.17) is 0 Å². The number of carbonyl (C=O) groups is 2. The smallest absolute Gasteiger partial charge is 0.267 e. The highest BCUT2D eigenvalue weighted by molar-refractivity contribution is 7.11. The highest BCUT2D eigenvalue weighted by Gasteiger charge is 2.23. The lowest BCUT2D eigenvalue weighted by Crippen LogP contribution is -2.22. The molecule has 17 heavy (non-hydrogen) atoms. The highest BCUT2D eigenvalue weighted by Crippen LogP contribution is 2.24. The van der Waals surface area contributed by atoms with Gasteiger partial charge in [0.05, 0.1) is 17.0 Å². The Kier molecular flexibility index (Phi) is 2.19. The van der Waals surface area contributed by atoms with E-state index in [0.717, 1.165) is 4.88 Å². The van der Waals surface area contributed by atoms with Crippen molar-refractivity contribution in [1.29, 1.82) is 0 Å². The van der Waals surface area contributed by atoms with Crippen molar-refractivity contribution in [3.63, 3.8) is 0 Å². The molecule has 0 spiro atoms. The fraction of sp³-hybridized carbons (Fsp3) is 0. The number of thiophene rings is 1. The molecule has 3 heterocycles. The maximum Gasteiger partial charge on any atom is 0.279 e. The second-order valence-corrected chi connectivity index (χ2v) is 4.45. The summed E-state index contributed by atoms with van der Waals surface area (Å²) in [5, 5.41) is 1.89. The molecule has 0 saturated heterocycles. The quantitative estimate of drug-likeness (QED) is 0.751. The van der Waals surface area contributed by atoms with Crippen molar-refractivity contribution in [2.24, 2.45) is 9.98 Å². The van der Waals surface area contributed by atoms with Crippen LogP contribution in [0.5, 0.6) is 0 Å². The molecular weight excluding hydrogens is 236 g/mol. The van der Waals surface area contributed by atoms with Crippen molar-refractivity contribution >= 4 is 40.1 Å². The minimum absolute atomic E-state index is 0.291. The second kappa shape index (κ2) is 3.71. The van der Waals surface area contributed by atoms with Crippen LogP contribution in [0.2, 0.25) is 0 Å². The molecule has 0 bridgehead atoms. The number of carbonyl (C=O) groups excluding carboxylic acids is 2. The van der Waals surface area contributed by atoms with Crippen molar-refractivity contribution in [2.75, 3.05) is 0 Å². The highest BCUT2D eigenvalue weighted by atomic mass is 32.1. The summed E-state index contributed by atoms with van der Waals surface area (Å²) < 4.78 is 0. The number of amides is 2. The van der Waals surface area contributed by atoms with Crippen LogP contribution in [0.25, 0.3) is 5.57 Å². The molecule has 5 heteroatoms. The molecule has 0 radical (unpaired) electrons. The number of nitrogens with zero attached hydrogens (tertiary/aromatic N) is 2. The molecule has 2 aliphatic rings. The van der Waals surface area contributed by atoms with Crippen LogP contribution in [-0.2, 0) is 9.59 Å². The van der Waals surface area contributed by atoms with Crippen LogP contribution in [0.15, 0.2) is 45.7 Å². The zero-order valence-corrected chi connectivity index (χ0v) is 9.40. The molecule has 2 aliphatic heterocycles. The van der Waals surface area contributed by atoms with Crippen molar-refractivity contribution in [1.82, 2.24) is 0 Å². The van der Waals surface area contributed by atoms with E-state index in [2.05, 4.69) is 9.98 Å². The maximum atomic E-state index is 11.8. The molecule has 82 valence electrons. The number of dihydropyridines is 2. The predicted molar refractivity (Wildman–Crippen MR) is 66.3 cm³/mol. The lowest BCUT2D eigenvalue weighted by molar-refractivity contribution is -0.114. The van der Waals surface area contributed by atoms with E-state index in [0.29, 0.717) is 17.0 Å². The summed E-state index contributed by atoms with van der Waals surface area (Å²) in [6.45, 7) is 0. The van der Waals surface area contributed by atoms with E-state index in [1.165, 1.54) is 23.5 Å². The minimum atomic E-state index is -0.324. The standard InChI is InChI=1S/C12H6N2O2S/c15-11-4-3-8-9(13-11)6-7(12(16)14-8)10-2-1-5-17-10/h1-6H. The Morgan fingerprint density at radius 2 is 1.94 bits per heavy atom. The Labute approximate surface area is 101 Å². The normalized spacial score (nSPS) is 18.5. The molecule has 0 fully saturated rings. The van der Waals surface area contributed by atoms with Gasteiger partial charge in [-0.1, -0.05) is 6.07 Å². The molecule has 0 aromatic carbocycles. The average Bonchev–Trinajstić information content (AvgIpc) is 2.82. The summed E-state index contributed by atoms with van der Waals surface area (Å²) in [6, 6.07) is 3.71. The molecule has 2 amide bonds. The third-order valence-corrected chi connectivity index (χ3v) is 3.30. The van der Waals surface area contributed by atoms with Crippen LogP contribution in [-0.4, -0.2) is 23.2 Å². The molecule has 0 unspecified atom stereocenters. The topological polar surface area (TPSA) is 58.9 Å². The summed E-state index contributed by atoms with van der Waals surface area (Å²) in [4.78, 5) is 31.6. The minimum Gasteiger partial charge on any atom is -0.267 e. The number of fused-ring (bicyclic) bond motifs is 1. The van der Waals surface area contributed by atoms with Gasteiger partial charge < -0.3 is 0 Å². The van der Waals surface area contributed by atoms with Gasteiger partial charge in [0.25, 0.3) is 11.8 Å². The number of hydrogen-bond donors (Lipinski definition) is 0. The summed E-state index contributed by atoms with van der Waals surface area (Å²) in [6.07, 6.45) is 4.45. The van der Waals surface area contributed by atoms with Crippen LogP contribution in [0.4, 0.5) is 0 Å². The summed E-state index contributed by atoms with van der Waals surface area (Å²) >= 11 is 1.46. The van der Waals surface area contributed by atoms with E-state index in [1.54, 1.807) is 6.08 Å². The van der Waals surface area contributed by atoms with E-state index >= 15 is 0 Å². The molecule has 3 rings (SSSR count). The van der Waals surface area contributed by atoms with Gasteiger partial charge in [-0.05, 0) is 23.6 Å². The Bertz CT molecular complexity index is 633. The SMILES string of the molecule is O=C1C=CC2=NC(=O)C(c3cccs3)=CC2=N1. The third-order valence-electron chi connectivity index (χ3n) is 2.40. The molecule has 1 aromatic rings. The van der Waals surface area contributed by atoms with Gasteiger partial charge in [0.1, 0.15) is 0 Å². The molecular formula is C12H6N2O2S. The van der Waals surface area contributed by atoms with Gasteiger partial charge in [-0.3, -0.25) is 9.59 Å². The largest absolute Gasteiger partial charge is 0.279 e. The van der Waals surface area contributed by atoms with Gasteiger partial charge in [0.15, 0.2) is 0 Å². The summed E-state index contributed by atoms with van der Waals surface area (Å²) in [5.41, 5.74) is 1.40. The van der Waals surface area contributed by atoms with Gasteiger partial charge in [-0.15, -0.1) is 11.3 Å². The summed E-state index contributed by atoms with van der Waals surface area (Å²) in [5.74, 6) is -0.615. The van der Waals surface area contributed by atoms with Crippen molar-refractivity contribution in [3.8, 4) is 0 Å². The molecule has 0 saturated carbocycles. The first-order chi connectivity index (χ1) is 8.24. The predicted octanol–water partition coefficient (Wildman–Crippen LogP) is 1.65. The molecule has 4 nitrogen and oxygen atoms in total. The van der Waals surface area contributed by atoms with Gasteiger partial charge in [-0.2, -0.15) is 0 Å². The van der Waals surface area contributed by atoms with Crippen LogP contribution in [0, 0.1) is 0 Å². The lowest BCUT2D eigenvalue weighted by Gasteiger charge is -2.12. The van der Waals surface area contributed by atoms with E-state index in [1.807, 2.05) is 17.5 Å². The first-order valence-corrected chi connectivity index (χ1v) is 5.82. The van der Waals surface area contributed by atoms with Gasteiger partial charge in [-0.25, -0.2) is 9.98 Å². The van der Waals surface area contributed by atoms with Crippen molar-refractivity contribution in [2.45, 2.75) is 0 Å². The van der Waals surface area contributed by atoms with Gasteiger partial charge in [0, 0.05) is 11.0 Å². The molecule has 0 aliphatic carbocycles. The second-order valence-electron chi connectivity index (χ2n) is 3.51. The van der Waals surface area contributed by atoms with E-state index < -0.39 is 0 Å². The zero-order chi connectivity index (χ0) is 11.8. The number of allylic oxidation sites excluding steroid dienone is 2. The fourth-order valence-corrected chi connectivity index (χ4v) is 2.36. The number of rotatable bonds is 1. The Morgan fingerprint density at radius 1 is 1.06 bits per heavy atom. The molecule has 0 N–H and O–H groups in total. The first-order valence-electron chi connectivity index (χ1n) is 4.94. The molecule has 0 atom stereocenters. The Balaban J connectivity index is 2.10. The Morgan fingerprint density at radius 3 is 2.71 bits per heavy atom.